The van der Waals surface area contributed by atoms with Gasteiger partial charge in [0.25, 0.3) is 11.5 Å². The van der Waals surface area contributed by atoms with E-state index in [2.05, 4.69) is 27.0 Å². The molecule has 0 atom stereocenters. The average Bonchev–Trinajstić information content (AvgIpc) is 3.51. The van der Waals surface area contributed by atoms with E-state index in [4.69, 9.17) is 11.6 Å². The zero-order valence-electron chi connectivity index (χ0n) is 27.4. The van der Waals surface area contributed by atoms with Crippen molar-refractivity contribution in [1.29, 1.82) is 0 Å². The van der Waals surface area contributed by atoms with Crippen LogP contribution in [-0.4, -0.2) is 71.4 Å². The number of carbonyl (C=O) groups is 1. The van der Waals surface area contributed by atoms with Crippen molar-refractivity contribution in [3.63, 3.8) is 0 Å². The monoisotopic (exact) mass is 688 g/mol. The summed E-state index contributed by atoms with van der Waals surface area (Å²) in [5.74, 6) is 3.80. The molecule has 248 valence electrons. The van der Waals surface area contributed by atoms with Crippen molar-refractivity contribution in [2.45, 2.75) is 45.4 Å². The van der Waals surface area contributed by atoms with Gasteiger partial charge in [0, 0.05) is 60.5 Å². The van der Waals surface area contributed by atoms with E-state index < -0.39 is 26.1 Å². The molecule has 1 fully saturated rings. The van der Waals surface area contributed by atoms with Crippen LogP contribution in [0.2, 0.25) is 5.02 Å². The van der Waals surface area contributed by atoms with E-state index in [1.807, 2.05) is 32.9 Å². The highest BCUT2D eigenvalue weighted by molar-refractivity contribution is 7.90. The lowest BCUT2D eigenvalue weighted by molar-refractivity contribution is -0.125. The SMILES string of the molecule is CC#CC(=O)N1CCN(c2c(S(C)(=O)=O)c(=O)n(-c3c(C)ccnc3C(C)C)c3c(F)c(-c4c(C)ccc5[nH]ncc45)c(Cl)cc23)CC1. The number of nitrogens with zero attached hydrogens (tertiary/aromatic N) is 5. The summed E-state index contributed by atoms with van der Waals surface area (Å²) in [4.78, 5) is 34.7. The molecule has 6 rings (SSSR count). The molecule has 1 aliphatic heterocycles. The Kier molecular flexibility index (Phi) is 8.56. The summed E-state index contributed by atoms with van der Waals surface area (Å²) in [6.45, 7) is 9.77. The number of anilines is 1. The lowest BCUT2D eigenvalue weighted by Crippen LogP contribution is -2.49. The molecule has 1 N–H and O–H groups in total. The number of hydrogen-bond acceptors (Lipinski definition) is 7. The molecule has 1 saturated heterocycles. The summed E-state index contributed by atoms with van der Waals surface area (Å²) in [5, 5.41) is 7.87. The molecule has 2 aromatic carbocycles. The van der Waals surface area contributed by atoms with E-state index in [0.717, 1.165) is 16.4 Å². The topological polar surface area (TPSA) is 121 Å². The number of aryl methyl sites for hydroxylation is 2. The quantitative estimate of drug-likeness (QED) is 0.241. The van der Waals surface area contributed by atoms with Gasteiger partial charge in [0.1, 0.15) is 0 Å². The van der Waals surface area contributed by atoms with Crippen LogP contribution in [0.1, 0.15) is 43.5 Å². The van der Waals surface area contributed by atoms with Crippen molar-refractivity contribution in [3.05, 3.63) is 74.7 Å². The molecule has 0 saturated carbocycles. The molecule has 5 aromatic rings. The fraction of sp³-hybridized carbons (Fsp3) is 0.314. The molecular weight excluding hydrogens is 655 g/mol. The summed E-state index contributed by atoms with van der Waals surface area (Å²) >= 11 is 7.00. The first-order valence-electron chi connectivity index (χ1n) is 15.4. The van der Waals surface area contributed by atoms with Crippen LogP contribution in [0.15, 0.2) is 46.3 Å². The molecule has 1 amide bonds. The molecule has 0 spiro atoms. The lowest BCUT2D eigenvalue weighted by atomic mass is 9.94. The Bertz CT molecular complexity index is 2380. The number of nitrogens with one attached hydrogen (secondary N) is 1. The summed E-state index contributed by atoms with van der Waals surface area (Å²) in [6, 6.07) is 6.90. The molecule has 4 heterocycles. The highest BCUT2D eigenvalue weighted by atomic mass is 35.5. The largest absolute Gasteiger partial charge is 0.366 e. The Morgan fingerprint density at radius 2 is 1.75 bits per heavy atom. The standard InChI is InChI=1S/C35H34ClFN6O4S/c1-7-8-26(44)41-13-15-42(16-14-41)33-22-17-24(36)28(27-20(4)9-10-25-23(27)18-39-40-25)29(37)32(22)43(35(45)34(33)48(6,46)47)31-21(5)11-12-38-30(31)19(2)3/h9-12,17-19H,13-16H2,1-6H3,(H,39,40). The van der Waals surface area contributed by atoms with E-state index in [1.54, 1.807) is 42.1 Å². The second kappa shape index (κ2) is 12.4. The average molecular weight is 689 g/mol. The summed E-state index contributed by atoms with van der Waals surface area (Å²) < 4.78 is 46.2. The van der Waals surface area contributed by atoms with E-state index >= 15 is 4.39 Å². The van der Waals surface area contributed by atoms with Crippen LogP contribution in [0.5, 0.6) is 0 Å². The second-order valence-electron chi connectivity index (χ2n) is 12.3. The number of pyridine rings is 2. The number of H-pyrrole nitrogens is 1. The highest BCUT2D eigenvalue weighted by Gasteiger charge is 2.34. The van der Waals surface area contributed by atoms with Crippen molar-refractivity contribution < 1.29 is 17.6 Å². The number of halogens is 2. The van der Waals surface area contributed by atoms with Crippen molar-refractivity contribution >= 4 is 54.8 Å². The maximum atomic E-state index is 17.7. The fourth-order valence-electron chi connectivity index (χ4n) is 6.59. The van der Waals surface area contributed by atoms with E-state index in [1.165, 1.54) is 6.07 Å². The number of sulfone groups is 1. The smallest absolute Gasteiger partial charge is 0.298 e. The second-order valence-corrected chi connectivity index (χ2v) is 14.7. The molecule has 13 heteroatoms. The van der Waals surface area contributed by atoms with Crippen molar-refractivity contribution in [1.82, 2.24) is 24.6 Å². The Morgan fingerprint density at radius 3 is 2.40 bits per heavy atom. The zero-order chi connectivity index (χ0) is 34.7. The Morgan fingerprint density at radius 1 is 1.04 bits per heavy atom. The minimum Gasteiger partial charge on any atom is -0.366 e. The molecular formula is C35H34ClFN6O4S. The van der Waals surface area contributed by atoms with Crippen LogP contribution in [0, 0.1) is 31.5 Å². The van der Waals surface area contributed by atoms with Crippen LogP contribution < -0.4 is 10.5 Å². The summed E-state index contributed by atoms with van der Waals surface area (Å²) in [7, 11) is -4.21. The van der Waals surface area contributed by atoms with E-state index in [-0.39, 0.29) is 65.2 Å². The van der Waals surface area contributed by atoms with Crippen LogP contribution in [0.25, 0.3) is 38.6 Å². The minimum absolute atomic E-state index is 0.0294. The predicted molar refractivity (Wildman–Crippen MR) is 186 cm³/mol. The first-order valence-corrected chi connectivity index (χ1v) is 17.7. The zero-order valence-corrected chi connectivity index (χ0v) is 29.0. The van der Waals surface area contributed by atoms with Crippen LogP contribution in [0.4, 0.5) is 10.1 Å². The number of carbonyl (C=O) groups excluding carboxylic acids is 1. The first-order chi connectivity index (χ1) is 22.8. The Hall–Kier alpha value is -4.73. The van der Waals surface area contributed by atoms with Gasteiger partial charge in [0.2, 0.25) is 0 Å². The van der Waals surface area contributed by atoms with E-state index in [9.17, 15) is 18.0 Å². The molecule has 3 aromatic heterocycles. The van der Waals surface area contributed by atoms with Crippen LogP contribution in [-0.2, 0) is 14.6 Å². The molecule has 0 radical (unpaired) electrons. The maximum Gasteiger partial charge on any atom is 0.298 e. The van der Waals surface area contributed by atoms with Gasteiger partial charge in [-0.15, -0.1) is 0 Å². The van der Waals surface area contributed by atoms with Gasteiger partial charge in [0.15, 0.2) is 20.5 Å². The third kappa shape index (κ3) is 5.41. The van der Waals surface area contributed by atoms with Crippen molar-refractivity contribution in [2.24, 2.45) is 0 Å². The number of aromatic nitrogens is 4. The molecule has 1 aliphatic rings. The van der Waals surface area contributed by atoms with E-state index in [0.29, 0.717) is 33.4 Å². The molecule has 48 heavy (non-hydrogen) atoms. The number of piperazine rings is 1. The number of aromatic amines is 1. The van der Waals surface area contributed by atoms with Crippen LogP contribution >= 0.6 is 11.6 Å². The summed E-state index contributed by atoms with van der Waals surface area (Å²) in [5.41, 5.74) is 2.36. The van der Waals surface area contributed by atoms with Gasteiger partial charge in [0.05, 0.1) is 39.3 Å². The lowest BCUT2D eigenvalue weighted by Gasteiger charge is -2.37. The Labute approximate surface area is 282 Å². The van der Waals surface area contributed by atoms with Gasteiger partial charge in [-0.2, -0.15) is 5.10 Å². The normalized spacial score (nSPS) is 13.8. The molecule has 0 unspecified atom stereocenters. The van der Waals surface area contributed by atoms with Gasteiger partial charge in [-0.3, -0.25) is 24.2 Å². The maximum absolute atomic E-state index is 17.7. The van der Waals surface area contributed by atoms with Gasteiger partial charge in [-0.05, 0) is 61.9 Å². The van der Waals surface area contributed by atoms with Crippen molar-refractivity contribution in [3.8, 4) is 28.7 Å². The third-order valence-electron chi connectivity index (χ3n) is 8.78. The highest BCUT2D eigenvalue weighted by Crippen LogP contribution is 2.44. The number of benzene rings is 2. The minimum atomic E-state index is -4.21. The van der Waals surface area contributed by atoms with Crippen molar-refractivity contribution in [2.75, 3.05) is 37.3 Å². The fourth-order valence-corrected chi connectivity index (χ4v) is 7.87. The Balaban J connectivity index is 1.79. The van der Waals surface area contributed by atoms with Crippen LogP contribution in [0.3, 0.4) is 0 Å². The van der Waals surface area contributed by atoms with Gasteiger partial charge < -0.3 is 9.80 Å². The number of hydrogen-bond donors (Lipinski definition) is 1. The molecule has 10 nitrogen and oxygen atoms in total. The van der Waals surface area contributed by atoms with Gasteiger partial charge in [-0.1, -0.05) is 37.4 Å². The molecule has 0 bridgehead atoms. The van der Waals surface area contributed by atoms with Gasteiger partial charge >= 0.3 is 0 Å². The first kappa shape index (κ1) is 33.2. The number of amides is 1. The number of rotatable bonds is 5. The number of fused-ring (bicyclic) bond motifs is 2. The predicted octanol–water partition coefficient (Wildman–Crippen LogP) is 5.54. The van der Waals surface area contributed by atoms with Gasteiger partial charge in [-0.25, -0.2) is 12.8 Å². The summed E-state index contributed by atoms with van der Waals surface area (Å²) in [6.07, 6.45) is 4.17. The third-order valence-corrected chi connectivity index (χ3v) is 10.2. The molecule has 0 aliphatic carbocycles.